The lowest BCUT2D eigenvalue weighted by Crippen LogP contribution is -2.49. The SMILES string of the molecule is COC1(C)CCCN(C(CN)c2cc(Br)c(Br)o2)C1. The number of hydrogen-bond donors (Lipinski definition) is 1. The second kappa shape index (κ2) is 6.26. The van der Waals surface area contributed by atoms with Gasteiger partial charge in [-0.2, -0.15) is 0 Å². The van der Waals surface area contributed by atoms with E-state index in [-0.39, 0.29) is 11.6 Å². The number of ether oxygens (including phenoxy) is 1. The van der Waals surface area contributed by atoms with Crippen molar-refractivity contribution in [1.29, 1.82) is 0 Å². The zero-order valence-electron chi connectivity index (χ0n) is 11.3. The molecule has 2 unspecified atom stereocenters. The maximum Gasteiger partial charge on any atom is 0.183 e. The molecule has 0 bridgehead atoms. The van der Waals surface area contributed by atoms with Crippen LogP contribution in [0.4, 0.5) is 0 Å². The number of hydrogen-bond acceptors (Lipinski definition) is 4. The zero-order valence-corrected chi connectivity index (χ0v) is 14.5. The van der Waals surface area contributed by atoms with Crippen LogP contribution in [0, 0.1) is 0 Å². The Hall–Kier alpha value is 0.120. The molecule has 2 heterocycles. The number of nitrogens with zero attached hydrogens (tertiary/aromatic N) is 1. The van der Waals surface area contributed by atoms with Crippen LogP contribution in [0.1, 0.15) is 31.6 Å². The van der Waals surface area contributed by atoms with Crippen LogP contribution >= 0.6 is 31.9 Å². The summed E-state index contributed by atoms with van der Waals surface area (Å²) < 4.78 is 13.0. The molecule has 1 saturated heterocycles. The van der Waals surface area contributed by atoms with E-state index in [0.29, 0.717) is 11.2 Å². The quantitative estimate of drug-likeness (QED) is 0.849. The average Bonchev–Trinajstić information content (AvgIpc) is 2.70. The molecule has 2 N–H and O–H groups in total. The molecule has 2 atom stereocenters. The van der Waals surface area contributed by atoms with Gasteiger partial charge in [0.25, 0.3) is 0 Å². The highest BCUT2D eigenvalue weighted by atomic mass is 79.9. The second-order valence-corrected chi connectivity index (χ2v) is 6.82. The fourth-order valence-electron chi connectivity index (χ4n) is 2.65. The molecule has 0 aliphatic carbocycles. The Kier molecular flexibility index (Phi) is 5.11. The molecule has 108 valence electrons. The van der Waals surface area contributed by atoms with Crippen LogP contribution in [0.15, 0.2) is 19.6 Å². The third-order valence-corrected chi connectivity index (χ3v) is 5.55. The predicted molar refractivity (Wildman–Crippen MR) is 82.1 cm³/mol. The minimum atomic E-state index is -0.0905. The lowest BCUT2D eigenvalue weighted by atomic mass is 9.93. The lowest BCUT2D eigenvalue weighted by molar-refractivity contribution is -0.0627. The first-order chi connectivity index (χ1) is 8.99. The molecule has 2 rings (SSSR count). The van der Waals surface area contributed by atoms with Crippen LogP contribution in [0.2, 0.25) is 0 Å². The number of likely N-dealkylation sites (tertiary alicyclic amines) is 1. The molecule has 0 radical (unpaired) electrons. The molecular weight excluding hydrogens is 376 g/mol. The first kappa shape index (κ1) is 15.5. The van der Waals surface area contributed by atoms with Crippen LogP contribution < -0.4 is 5.73 Å². The smallest absolute Gasteiger partial charge is 0.183 e. The van der Waals surface area contributed by atoms with Gasteiger partial charge in [0.1, 0.15) is 5.76 Å². The summed E-state index contributed by atoms with van der Waals surface area (Å²) in [6.45, 7) is 4.59. The van der Waals surface area contributed by atoms with Crippen LogP contribution in [0.3, 0.4) is 0 Å². The summed E-state index contributed by atoms with van der Waals surface area (Å²) in [4.78, 5) is 2.35. The summed E-state index contributed by atoms with van der Waals surface area (Å²) >= 11 is 6.83. The Bertz CT molecular complexity index is 419. The number of halogens is 2. The molecule has 1 fully saturated rings. The van der Waals surface area contributed by atoms with Gasteiger partial charge in [-0.15, -0.1) is 0 Å². The van der Waals surface area contributed by atoms with Crippen molar-refractivity contribution < 1.29 is 9.15 Å². The number of rotatable bonds is 4. The zero-order chi connectivity index (χ0) is 14.0. The second-order valence-electron chi connectivity index (χ2n) is 5.25. The summed E-state index contributed by atoms with van der Waals surface area (Å²) in [6.07, 6.45) is 2.20. The lowest BCUT2D eigenvalue weighted by Gasteiger charge is -2.42. The third kappa shape index (κ3) is 3.42. The molecule has 1 aromatic rings. The number of nitrogens with two attached hydrogens (primary N) is 1. The Morgan fingerprint density at radius 1 is 1.58 bits per heavy atom. The van der Waals surface area contributed by atoms with E-state index >= 15 is 0 Å². The number of methoxy groups -OCH3 is 1. The van der Waals surface area contributed by atoms with Crippen molar-refractivity contribution in [3.8, 4) is 0 Å². The van der Waals surface area contributed by atoms with Gasteiger partial charge in [-0.05, 0) is 64.2 Å². The van der Waals surface area contributed by atoms with Crippen molar-refractivity contribution in [2.24, 2.45) is 5.73 Å². The van der Waals surface area contributed by atoms with Gasteiger partial charge < -0.3 is 14.9 Å². The van der Waals surface area contributed by atoms with Crippen LogP contribution in [-0.2, 0) is 4.74 Å². The van der Waals surface area contributed by atoms with Gasteiger partial charge in [0.05, 0.1) is 16.1 Å². The Balaban J connectivity index is 2.17. The molecule has 6 heteroatoms. The van der Waals surface area contributed by atoms with Gasteiger partial charge in [-0.1, -0.05) is 0 Å². The molecule has 0 saturated carbocycles. The minimum absolute atomic E-state index is 0.0905. The average molecular weight is 396 g/mol. The van der Waals surface area contributed by atoms with E-state index in [4.69, 9.17) is 14.9 Å². The first-order valence-electron chi connectivity index (χ1n) is 6.43. The van der Waals surface area contributed by atoms with Crippen LogP contribution in [0.5, 0.6) is 0 Å². The fraction of sp³-hybridized carbons (Fsp3) is 0.692. The molecule has 1 aromatic heterocycles. The van der Waals surface area contributed by atoms with E-state index in [2.05, 4.69) is 43.7 Å². The minimum Gasteiger partial charge on any atom is -0.451 e. The maximum absolute atomic E-state index is 5.95. The highest BCUT2D eigenvalue weighted by Gasteiger charge is 2.35. The van der Waals surface area contributed by atoms with Crippen molar-refractivity contribution in [1.82, 2.24) is 4.90 Å². The van der Waals surface area contributed by atoms with Gasteiger partial charge in [-0.3, -0.25) is 4.90 Å². The summed E-state index contributed by atoms with van der Waals surface area (Å²) in [7, 11) is 1.78. The van der Waals surface area contributed by atoms with Gasteiger partial charge in [0.15, 0.2) is 4.67 Å². The summed E-state index contributed by atoms with van der Waals surface area (Å²) in [5.74, 6) is 0.890. The number of piperidine rings is 1. The monoisotopic (exact) mass is 394 g/mol. The Morgan fingerprint density at radius 2 is 2.32 bits per heavy atom. The largest absolute Gasteiger partial charge is 0.451 e. The maximum atomic E-state index is 5.95. The van der Waals surface area contributed by atoms with Crippen molar-refractivity contribution in [2.45, 2.75) is 31.4 Å². The summed E-state index contributed by atoms with van der Waals surface area (Å²) in [5, 5.41) is 0. The number of furan rings is 1. The van der Waals surface area contributed by atoms with Crippen molar-refractivity contribution in [3.05, 3.63) is 21.0 Å². The van der Waals surface area contributed by atoms with E-state index in [9.17, 15) is 0 Å². The van der Waals surface area contributed by atoms with Crippen molar-refractivity contribution in [2.75, 3.05) is 26.7 Å². The van der Waals surface area contributed by atoms with Crippen LogP contribution in [0.25, 0.3) is 0 Å². The topological polar surface area (TPSA) is 51.6 Å². The fourth-order valence-corrected chi connectivity index (χ4v) is 3.26. The molecule has 1 aliphatic heterocycles. The normalized spacial score (nSPS) is 26.6. The molecule has 0 amide bonds. The molecule has 1 aliphatic rings. The summed E-state index contributed by atoms with van der Waals surface area (Å²) in [6, 6.07) is 2.08. The Morgan fingerprint density at radius 3 is 2.84 bits per heavy atom. The molecule has 0 aromatic carbocycles. The van der Waals surface area contributed by atoms with E-state index in [1.165, 1.54) is 0 Å². The Labute approximate surface area is 130 Å². The first-order valence-corrected chi connectivity index (χ1v) is 8.01. The van der Waals surface area contributed by atoms with Gasteiger partial charge in [-0.25, -0.2) is 0 Å². The van der Waals surface area contributed by atoms with E-state index < -0.39 is 0 Å². The van der Waals surface area contributed by atoms with E-state index in [1.807, 2.05) is 6.07 Å². The molecule has 0 spiro atoms. The van der Waals surface area contributed by atoms with Gasteiger partial charge in [0.2, 0.25) is 0 Å². The van der Waals surface area contributed by atoms with E-state index in [1.54, 1.807) is 7.11 Å². The molecule has 4 nitrogen and oxygen atoms in total. The van der Waals surface area contributed by atoms with Crippen LogP contribution in [-0.4, -0.2) is 37.2 Å². The summed E-state index contributed by atoms with van der Waals surface area (Å²) in [5.41, 5.74) is 5.86. The van der Waals surface area contributed by atoms with Gasteiger partial charge >= 0.3 is 0 Å². The van der Waals surface area contributed by atoms with E-state index in [0.717, 1.165) is 36.2 Å². The van der Waals surface area contributed by atoms with Gasteiger partial charge in [0, 0.05) is 20.2 Å². The predicted octanol–water partition coefficient (Wildman–Crippen LogP) is 3.31. The third-order valence-electron chi connectivity index (χ3n) is 3.84. The highest BCUT2D eigenvalue weighted by molar-refractivity contribution is 9.13. The van der Waals surface area contributed by atoms with Crippen molar-refractivity contribution >= 4 is 31.9 Å². The highest BCUT2D eigenvalue weighted by Crippen LogP contribution is 2.35. The standard InChI is InChI=1S/C13H20Br2N2O2/c1-13(18-2)4-3-5-17(8-13)10(7-16)11-6-9(14)12(15)19-11/h6,10H,3-5,7-8,16H2,1-2H3. The van der Waals surface area contributed by atoms with Crippen molar-refractivity contribution in [3.63, 3.8) is 0 Å². The molecular formula is C13H20Br2N2O2. The molecule has 19 heavy (non-hydrogen) atoms.